The highest BCUT2D eigenvalue weighted by Gasteiger charge is 2.32. The molecule has 2 amide bonds. The second-order valence-corrected chi connectivity index (χ2v) is 6.14. The van der Waals surface area contributed by atoms with E-state index >= 15 is 0 Å². The summed E-state index contributed by atoms with van der Waals surface area (Å²) >= 11 is 1.04. The smallest absolute Gasteiger partial charge is 0.286 e. The lowest BCUT2D eigenvalue weighted by molar-refractivity contribution is -0.118. The number of thioether (sulfide) groups is 1. The Morgan fingerprint density at radius 2 is 1.73 bits per heavy atom. The van der Waals surface area contributed by atoms with Crippen LogP contribution in [0.15, 0.2) is 54.6 Å². The Morgan fingerprint density at radius 3 is 2.45 bits per heavy atom. The Labute approximate surface area is 132 Å². The average molecular weight is 313 g/mol. The van der Waals surface area contributed by atoms with Crippen molar-refractivity contribution in [2.75, 3.05) is 0 Å². The van der Waals surface area contributed by atoms with E-state index < -0.39 is 0 Å². The van der Waals surface area contributed by atoms with Crippen molar-refractivity contribution in [3.63, 3.8) is 0 Å². The summed E-state index contributed by atoms with van der Waals surface area (Å²) in [5, 5.41) is 1.65. The van der Waals surface area contributed by atoms with Gasteiger partial charge in [-0.05, 0) is 23.6 Å². The van der Waals surface area contributed by atoms with E-state index in [2.05, 4.69) is 5.32 Å². The number of nitrogens with one attached hydrogen (secondary N) is 1. The Hall–Kier alpha value is -2.27. The topological polar surface area (TPSA) is 55.4 Å². The molecule has 4 nitrogen and oxygen atoms in total. The van der Waals surface area contributed by atoms with Gasteiger partial charge in [0.15, 0.2) is 0 Å². The molecule has 22 heavy (non-hydrogen) atoms. The summed E-state index contributed by atoms with van der Waals surface area (Å²) in [5.74, 6) is 0.520. The molecule has 5 heteroatoms. The minimum Gasteiger partial charge on any atom is -0.489 e. The van der Waals surface area contributed by atoms with Crippen molar-refractivity contribution in [2.45, 2.75) is 18.3 Å². The zero-order valence-electron chi connectivity index (χ0n) is 11.8. The van der Waals surface area contributed by atoms with Crippen molar-refractivity contribution < 1.29 is 14.3 Å². The van der Waals surface area contributed by atoms with Gasteiger partial charge in [-0.25, -0.2) is 0 Å². The lowest BCUT2D eigenvalue weighted by atomic mass is 10.1. The monoisotopic (exact) mass is 313 g/mol. The van der Waals surface area contributed by atoms with Crippen LogP contribution in [0.25, 0.3) is 0 Å². The summed E-state index contributed by atoms with van der Waals surface area (Å²) in [7, 11) is 0. The van der Waals surface area contributed by atoms with Crippen LogP contribution in [0.1, 0.15) is 11.1 Å². The molecule has 0 unspecified atom stereocenters. The summed E-state index contributed by atoms with van der Waals surface area (Å²) in [6.45, 7) is 0.473. The maximum absolute atomic E-state index is 11.7. The van der Waals surface area contributed by atoms with Gasteiger partial charge < -0.3 is 4.74 Å². The molecule has 1 fully saturated rings. The van der Waals surface area contributed by atoms with Crippen LogP contribution in [-0.4, -0.2) is 16.4 Å². The number of hydrogen-bond donors (Lipinski definition) is 1. The van der Waals surface area contributed by atoms with Gasteiger partial charge in [0.1, 0.15) is 12.4 Å². The van der Waals surface area contributed by atoms with E-state index in [1.165, 1.54) is 0 Å². The standard InChI is InChI=1S/C17H15NO3S/c19-16-15(22-17(20)18-16)10-13-8-4-5-9-14(13)21-11-12-6-2-1-3-7-12/h1-9,15H,10-11H2,(H,18,19,20)/t15-/m0/s1. The van der Waals surface area contributed by atoms with Crippen LogP contribution in [0.3, 0.4) is 0 Å². The highest BCUT2D eigenvalue weighted by atomic mass is 32.2. The zero-order valence-corrected chi connectivity index (χ0v) is 12.6. The van der Waals surface area contributed by atoms with E-state index in [1.54, 1.807) is 0 Å². The van der Waals surface area contributed by atoms with Crippen molar-refractivity contribution in [3.05, 3.63) is 65.7 Å². The Morgan fingerprint density at radius 1 is 1.00 bits per heavy atom. The maximum atomic E-state index is 11.7. The lowest BCUT2D eigenvalue weighted by Gasteiger charge is -2.13. The Bertz CT molecular complexity index is 687. The summed E-state index contributed by atoms with van der Waals surface area (Å²) in [6.07, 6.45) is 0.479. The van der Waals surface area contributed by atoms with E-state index in [-0.39, 0.29) is 16.4 Å². The minimum absolute atomic E-state index is 0.229. The van der Waals surface area contributed by atoms with E-state index in [4.69, 9.17) is 4.74 Å². The van der Waals surface area contributed by atoms with Crippen LogP contribution >= 0.6 is 11.8 Å². The van der Waals surface area contributed by atoms with E-state index in [0.29, 0.717) is 13.0 Å². The third kappa shape index (κ3) is 3.49. The third-order valence-corrected chi connectivity index (χ3v) is 4.36. The molecule has 0 aromatic heterocycles. The molecule has 3 rings (SSSR count). The fourth-order valence-electron chi connectivity index (χ4n) is 2.28. The van der Waals surface area contributed by atoms with E-state index in [1.807, 2.05) is 54.6 Å². The van der Waals surface area contributed by atoms with Crippen molar-refractivity contribution in [3.8, 4) is 5.75 Å². The summed E-state index contributed by atoms with van der Waals surface area (Å²) in [6, 6.07) is 17.5. The SMILES string of the molecule is O=C1NC(=O)[C@H](Cc2ccccc2OCc2ccccc2)S1. The number of ether oxygens (including phenoxy) is 1. The van der Waals surface area contributed by atoms with Crippen molar-refractivity contribution in [1.29, 1.82) is 0 Å². The molecular weight excluding hydrogens is 298 g/mol. The predicted molar refractivity (Wildman–Crippen MR) is 85.8 cm³/mol. The summed E-state index contributed by atoms with van der Waals surface area (Å²) in [5.41, 5.74) is 2.02. The van der Waals surface area contributed by atoms with Gasteiger partial charge in [0, 0.05) is 0 Å². The van der Waals surface area contributed by atoms with Gasteiger partial charge in [-0.1, -0.05) is 60.3 Å². The average Bonchev–Trinajstić information content (AvgIpc) is 2.85. The highest BCUT2D eigenvalue weighted by molar-refractivity contribution is 8.15. The fourth-order valence-corrected chi connectivity index (χ4v) is 3.12. The van der Waals surface area contributed by atoms with Gasteiger partial charge in [0.05, 0.1) is 5.25 Å². The zero-order chi connectivity index (χ0) is 15.4. The van der Waals surface area contributed by atoms with Crippen LogP contribution in [-0.2, 0) is 17.8 Å². The minimum atomic E-state index is -0.381. The summed E-state index contributed by atoms with van der Waals surface area (Å²) in [4.78, 5) is 22.9. The van der Waals surface area contributed by atoms with Crippen LogP contribution in [0.5, 0.6) is 5.75 Å². The molecule has 112 valence electrons. The first-order valence-electron chi connectivity index (χ1n) is 6.98. The second-order valence-electron chi connectivity index (χ2n) is 4.97. The number of benzene rings is 2. The highest BCUT2D eigenvalue weighted by Crippen LogP contribution is 2.27. The van der Waals surface area contributed by atoms with E-state index in [0.717, 1.165) is 28.6 Å². The maximum Gasteiger partial charge on any atom is 0.286 e. The van der Waals surface area contributed by atoms with E-state index in [9.17, 15) is 9.59 Å². The quantitative estimate of drug-likeness (QED) is 0.921. The molecule has 0 aliphatic carbocycles. The molecule has 1 aliphatic heterocycles. The molecule has 2 aromatic carbocycles. The number of para-hydroxylation sites is 1. The molecule has 0 bridgehead atoms. The molecular formula is C17H15NO3S. The Kier molecular flexibility index (Phi) is 4.44. The first-order chi connectivity index (χ1) is 10.7. The van der Waals surface area contributed by atoms with Crippen molar-refractivity contribution in [2.24, 2.45) is 0 Å². The fraction of sp³-hybridized carbons (Fsp3) is 0.176. The Balaban J connectivity index is 1.70. The first-order valence-corrected chi connectivity index (χ1v) is 7.86. The lowest BCUT2D eigenvalue weighted by Crippen LogP contribution is -2.25. The second kappa shape index (κ2) is 6.66. The molecule has 2 aromatic rings. The number of carbonyl (C=O) groups excluding carboxylic acids is 2. The largest absolute Gasteiger partial charge is 0.489 e. The number of rotatable bonds is 5. The molecule has 0 saturated carbocycles. The van der Waals surface area contributed by atoms with Crippen LogP contribution in [0.4, 0.5) is 4.79 Å². The van der Waals surface area contributed by atoms with Gasteiger partial charge in [0.2, 0.25) is 5.91 Å². The van der Waals surface area contributed by atoms with Gasteiger partial charge in [0.25, 0.3) is 5.24 Å². The van der Waals surface area contributed by atoms with Crippen LogP contribution in [0, 0.1) is 0 Å². The number of hydrogen-bond acceptors (Lipinski definition) is 4. The number of amides is 2. The first kappa shape index (κ1) is 14.7. The molecule has 1 atom stereocenters. The van der Waals surface area contributed by atoms with Gasteiger partial charge in [-0.2, -0.15) is 0 Å². The molecule has 0 spiro atoms. The molecule has 0 radical (unpaired) electrons. The van der Waals surface area contributed by atoms with Gasteiger partial charge in [-0.3, -0.25) is 14.9 Å². The third-order valence-electron chi connectivity index (χ3n) is 3.38. The van der Waals surface area contributed by atoms with Crippen LogP contribution < -0.4 is 10.1 Å². The predicted octanol–water partition coefficient (Wildman–Crippen LogP) is 3.16. The summed E-state index contributed by atoms with van der Waals surface area (Å²) < 4.78 is 5.87. The van der Waals surface area contributed by atoms with Crippen molar-refractivity contribution in [1.82, 2.24) is 5.32 Å². The molecule has 1 N–H and O–H groups in total. The van der Waals surface area contributed by atoms with Gasteiger partial charge in [-0.15, -0.1) is 0 Å². The molecule has 1 saturated heterocycles. The number of imide groups is 1. The van der Waals surface area contributed by atoms with Crippen LogP contribution in [0.2, 0.25) is 0 Å². The number of carbonyl (C=O) groups is 2. The molecule has 1 aliphatic rings. The molecule has 1 heterocycles. The normalized spacial score (nSPS) is 17.4. The van der Waals surface area contributed by atoms with Crippen molar-refractivity contribution >= 4 is 22.9 Å². The van der Waals surface area contributed by atoms with Gasteiger partial charge >= 0.3 is 0 Å².